The molecule has 1 aromatic rings. The summed E-state index contributed by atoms with van der Waals surface area (Å²) in [6.07, 6.45) is 1.85. The lowest BCUT2D eigenvalue weighted by Crippen LogP contribution is -2.43. The van der Waals surface area contributed by atoms with Gasteiger partial charge >= 0.3 is 0 Å². The lowest BCUT2D eigenvalue weighted by atomic mass is 10.2. The van der Waals surface area contributed by atoms with Crippen LogP contribution in [-0.4, -0.2) is 48.0 Å². The predicted octanol–water partition coefficient (Wildman–Crippen LogP) is 0.288. The Hall–Kier alpha value is -0.970. The van der Waals surface area contributed by atoms with Gasteiger partial charge in [-0.3, -0.25) is 9.88 Å². The molecule has 1 saturated heterocycles. The minimum Gasteiger partial charge on any atom is -0.325 e. The largest absolute Gasteiger partial charge is 0.325 e. The normalized spacial score (nSPS) is 18.9. The molecule has 0 aliphatic carbocycles. The molecular weight excluding hydrogens is 200 g/mol. The molecule has 0 unspecified atom stereocenters. The van der Waals surface area contributed by atoms with Gasteiger partial charge in [-0.1, -0.05) is 0 Å². The van der Waals surface area contributed by atoms with Gasteiger partial charge in [-0.15, -0.1) is 0 Å². The minimum absolute atomic E-state index is 0.524. The number of pyridine rings is 1. The fraction of sp³-hybridized carbons (Fsp3) is 0.583. The third kappa shape index (κ3) is 3.01. The molecule has 1 aromatic heterocycles. The molecule has 4 heteroatoms. The molecule has 2 rings (SSSR count). The molecule has 16 heavy (non-hydrogen) atoms. The summed E-state index contributed by atoms with van der Waals surface area (Å²) in [7, 11) is 2.18. The third-order valence-corrected chi connectivity index (χ3v) is 3.09. The van der Waals surface area contributed by atoms with E-state index in [1.807, 2.05) is 6.20 Å². The summed E-state index contributed by atoms with van der Waals surface area (Å²) in [5.41, 5.74) is 7.89. The van der Waals surface area contributed by atoms with Crippen molar-refractivity contribution in [2.45, 2.75) is 13.1 Å². The van der Waals surface area contributed by atoms with Crippen molar-refractivity contribution in [2.75, 3.05) is 33.2 Å². The Morgan fingerprint density at radius 2 is 2.06 bits per heavy atom. The Labute approximate surface area is 97.1 Å². The lowest BCUT2D eigenvalue weighted by Gasteiger charge is -2.32. The van der Waals surface area contributed by atoms with Crippen LogP contribution in [0, 0.1) is 0 Å². The maximum atomic E-state index is 5.59. The lowest BCUT2D eigenvalue weighted by molar-refractivity contribution is 0.148. The summed E-state index contributed by atoms with van der Waals surface area (Å²) in [6, 6.07) is 4.19. The van der Waals surface area contributed by atoms with E-state index in [0.717, 1.165) is 38.4 Å². The van der Waals surface area contributed by atoms with Crippen LogP contribution in [0.25, 0.3) is 0 Å². The van der Waals surface area contributed by atoms with Crippen LogP contribution in [0.2, 0.25) is 0 Å². The number of hydrogen-bond donors (Lipinski definition) is 1. The van der Waals surface area contributed by atoms with Crippen LogP contribution in [0.4, 0.5) is 0 Å². The predicted molar refractivity (Wildman–Crippen MR) is 64.9 cm³/mol. The van der Waals surface area contributed by atoms with Crippen LogP contribution >= 0.6 is 0 Å². The minimum atomic E-state index is 0.524. The highest BCUT2D eigenvalue weighted by molar-refractivity contribution is 5.16. The second-order valence-corrected chi connectivity index (χ2v) is 4.44. The molecule has 1 aliphatic rings. The van der Waals surface area contributed by atoms with Gasteiger partial charge in [-0.25, -0.2) is 0 Å². The number of rotatable bonds is 3. The first-order chi connectivity index (χ1) is 7.78. The number of nitrogens with two attached hydrogens (primary N) is 1. The number of hydrogen-bond acceptors (Lipinski definition) is 4. The first kappa shape index (κ1) is 11.5. The van der Waals surface area contributed by atoms with Gasteiger partial charge < -0.3 is 10.6 Å². The van der Waals surface area contributed by atoms with E-state index in [-0.39, 0.29) is 0 Å². The van der Waals surface area contributed by atoms with E-state index in [0.29, 0.717) is 6.54 Å². The van der Waals surface area contributed by atoms with Crippen molar-refractivity contribution in [2.24, 2.45) is 5.73 Å². The molecule has 0 bridgehead atoms. The van der Waals surface area contributed by atoms with Crippen molar-refractivity contribution in [1.82, 2.24) is 14.8 Å². The van der Waals surface area contributed by atoms with Gasteiger partial charge in [0.1, 0.15) is 0 Å². The molecular formula is C12H20N4. The van der Waals surface area contributed by atoms with Gasteiger partial charge in [0.2, 0.25) is 0 Å². The van der Waals surface area contributed by atoms with Gasteiger partial charge in [-0.2, -0.15) is 0 Å². The Balaban J connectivity index is 1.93. The first-order valence-electron chi connectivity index (χ1n) is 5.82. The zero-order valence-electron chi connectivity index (χ0n) is 9.89. The molecule has 88 valence electrons. The van der Waals surface area contributed by atoms with Crippen molar-refractivity contribution >= 4 is 0 Å². The monoisotopic (exact) mass is 220 g/mol. The summed E-state index contributed by atoms with van der Waals surface area (Å²) in [6.45, 7) is 6.16. The van der Waals surface area contributed by atoms with E-state index in [9.17, 15) is 0 Å². The van der Waals surface area contributed by atoms with E-state index in [2.05, 4.69) is 34.0 Å². The highest BCUT2D eigenvalue weighted by atomic mass is 15.2. The Morgan fingerprint density at radius 1 is 1.31 bits per heavy atom. The standard InChI is InChI=1S/C12H20N4/c1-15-4-6-16(7-5-15)10-11-2-3-14-12(8-11)9-13/h2-3,8H,4-7,9-10,13H2,1H3. The van der Waals surface area contributed by atoms with Crippen molar-refractivity contribution in [3.63, 3.8) is 0 Å². The van der Waals surface area contributed by atoms with Crippen LogP contribution < -0.4 is 5.73 Å². The summed E-state index contributed by atoms with van der Waals surface area (Å²) >= 11 is 0. The molecule has 0 spiro atoms. The highest BCUT2D eigenvalue weighted by Gasteiger charge is 2.13. The average molecular weight is 220 g/mol. The molecule has 1 aliphatic heterocycles. The fourth-order valence-corrected chi connectivity index (χ4v) is 2.00. The van der Waals surface area contributed by atoms with Crippen molar-refractivity contribution in [1.29, 1.82) is 0 Å². The second kappa shape index (κ2) is 5.39. The molecule has 4 nitrogen and oxygen atoms in total. The molecule has 2 heterocycles. The molecule has 2 N–H and O–H groups in total. The van der Waals surface area contributed by atoms with Crippen molar-refractivity contribution in [3.05, 3.63) is 29.6 Å². The zero-order chi connectivity index (χ0) is 11.4. The number of piperazine rings is 1. The van der Waals surface area contributed by atoms with Gasteiger partial charge in [0, 0.05) is 45.5 Å². The van der Waals surface area contributed by atoms with E-state index >= 15 is 0 Å². The van der Waals surface area contributed by atoms with E-state index in [1.54, 1.807) is 0 Å². The molecule has 0 aromatic carbocycles. The summed E-state index contributed by atoms with van der Waals surface area (Å²) in [5.74, 6) is 0. The van der Waals surface area contributed by atoms with Gasteiger partial charge in [0.15, 0.2) is 0 Å². The number of aromatic nitrogens is 1. The molecule has 0 amide bonds. The van der Waals surface area contributed by atoms with Gasteiger partial charge in [0.25, 0.3) is 0 Å². The average Bonchev–Trinajstić information content (AvgIpc) is 2.32. The summed E-state index contributed by atoms with van der Waals surface area (Å²) in [5, 5.41) is 0. The van der Waals surface area contributed by atoms with Crippen LogP contribution in [-0.2, 0) is 13.1 Å². The molecule has 0 atom stereocenters. The highest BCUT2D eigenvalue weighted by Crippen LogP contribution is 2.08. The Morgan fingerprint density at radius 3 is 2.75 bits per heavy atom. The quantitative estimate of drug-likeness (QED) is 0.795. The topological polar surface area (TPSA) is 45.4 Å². The smallest absolute Gasteiger partial charge is 0.0542 e. The molecule has 1 fully saturated rings. The van der Waals surface area contributed by atoms with Crippen molar-refractivity contribution in [3.8, 4) is 0 Å². The maximum absolute atomic E-state index is 5.59. The molecule has 0 saturated carbocycles. The third-order valence-electron chi connectivity index (χ3n) is 3.09. The second-order valence-electron chi connectivity index (χ2n) is 4.44. The SMILES string of the molecule is CN1CCN(Cc2ccnc(CN)c2)CC1. The summed E-state index contributed by atoms with van der Waals surface area (Å²) < 4.78 is 0. The summed E-state index contributed by atoms with van der Waals surface area (Å²) in [4.78, 5) is 9.06. The van der Waals surface area contributed by atoms with Crippen LogP contribution in [0.3, 0.4) is 0 Å². The number of nitrogens with zero attached hydrogens (tertiary/aromatic N) is 3. The zero-order valence-corrected chi connectivity index (χ0v) is 9.89. The van der Waals surface area contributed by atoms with E-state index in [4.69, 9.17) is 5.73 Å². The number of likely N-dealkylation sites (N-methyl/N-ethyl adjacent to an activating group) is 1. The van der Waals surface area contributed by atoms with E-state index < -0.39 is 0 Å². The first-order valence-corrected chi connectivity index (χ1v) is 5.82. The molecule has 0 radical (unpaired) electrons. The Kier molecular flexibility index (Phi) is 3.88. The maximum Gasteiger partial charge on any atom is 0.0542 e. The van der Waals surface area contributed by atoms with Crippen LogP contribution in [0.15, 0.2) is 18.3 Å². The van der Waals surface area contributed by atoms with Crippen LogP contribution in [0.5, 0.6) is 0 Å². The van der Waals surface area contributed by atoms with Gasteiger partial charge in [0.05, 0.1) is 5.69 Å². The van der Waals surface area contributed by atoms with Crippen molar-refractivity contribution < 1.29 is 0 Å². The van der Waals surface area contributed by atoms with Gasteiger partial charge in [-0.05, 0) is 24.7 Å². The fourth-order valence-electron chi connectivity index (χ4n) is 2.00. The van der Waals surface area contributed by atoms with E-state index in [1.165, 1.54) is 5.56 Å². The Bertz CT molecular complexity index is 332. The van der Waals surface area contributed by atoms with Crippen LogP contribution in [0.1, 0.15) is 11.3 Å².